The van der Waals surface area contributed by atoms with Crippen LogP contribution in [0, 0.1) is 12.7 Å². The fourth-order valence-electron chi connectivity index (χ4n) is 3.56. The molecule has 0 aromatic carbocycles. The number of pyridine rings is 1. The zero-order valence-corrected chi connectivity index (χ0v) is 16.4. The van der Waals surface area contributed by atoms with Crippen LogP contribution in [-0.4, -0.2) is 50.2 Å². The van der Waals surface area contributed by atoms with Gasteiger partial charge in [0.05, 0.1) is 6.20 Å². The van der Waals surface area contributed by atoms with Crippen LogP contribution in [-0.2, 0) is 17.1 Å². The summed E-state index contributed by atoms with van der Waals surface area (Å²) in [5.74, 6) is -0.342. The van der Waals surface area contributed by atoms with Gasteiger partial charge >= 0.3 is 0 Å². The molecule has 0 radical (unpaired) electrons. The molecule has 1 saturated heterocycles. The first-order valence-electron chi connectivity index (χ1n) is 8.46. The lowest BCUT2D eigenvalue weighted by molar-refractivity contribution is 0.318. The van der Waals surface area contributed by atoms with E-state index >= 15 is 0 Å². The number of rotatable bonds is 3. The Labute approximate surface area is 160 Å². The third-order valence-electron chi connectivity index (χ3n) is 5.14. The third-order valence-corrected chi connectivity index (χ3v) is 7.60. The molecule has 0 unspecified atom stereocenters. The summed E-state index contributed by atoms with van der Waals surface area (Å²) < 4.78 is 44.3. The van der Waals surface area contributed by atoms with Crippen molar-refractivity contribution in [2.45, 2.75) is 30.6 Å². The van der Waals surface area contributed by atoms with Crippen molar-refractivity contribution in [2.75, 3.05) is 13.1 Å². The van der Waals surface area contributed by atoms with Gasteiger partial charge in [0.2, 0.25) is 10.0 Å². The SMILES string of the molecule is Cc1c(C2CCN(S(=O)(=O)c3cnn(C)c3Cl)CC2)cn2ncnc2c1F. The molecule has 0 atom stereocenters. The van der Waals surface area contributed by atoms with Crippen LogP contribution in [0.25, 0.3) is 5.65 Å². The predicted molar refractivity (Wildman–Crippen MR) is 96.6 cm³/mol. The molecule has 1 fully saturated rings. The van der Waals surface area contributed by atoms with Gasteiger partial charge in [-0.2, -0.15) is 14.5 Å². The minimum absolute atomic E-state index is 0.0105. The first kappa shape index (κ1) is 18.3. The Bertz CT molecular complexity index is 1120. The number of aryl methyl sites for hydroxylation is 1. The lowest BCUT2D eigenvalue weighted by atomic mass is 9.88. The maximum Gasteiger partial charge on any atom is 0.247 e. The van der Waals surface area contributed by atoms with E-state index in [0.29, 0.717) is 31.5 Å². The second-order valence-electron chi connectivity index (χ2n) is 6.65. The van der Waals surface area contributed by atoms with Gasteiger partial charge in [0.15, 0.2) is 11.5 Å². The molecule has 3 aromatic rings. The van der Waals surface area contributed by atoms with Crippen molar-refractivity contribution < 1.29 is 12.8 Å². The first-order valence-corrected chi connectivity index (χ1v) is 10.3. The van der Waals surface area contributed by atoms with Gasteiger partial charge < -0.3 is 0 Å². The van der Waals surface area contributed by atoms with E-state index in [1.807, 2.05) is 0 Å². The quantitative estimate of drug-likeness (QED) is 0.657. The van der Waals surface area contributed by atoms with E-state index in [9.17, 15) is 12.8 Å². The number of hydrogen-bond acceptors (Lipinski definition) is 5. The third kappa shape index (κ3) is 2.91. The molecule has 8 nitrogen and oxygen atoms in total. The van der Waals surface area contributed by atoms with Gasteiger partial charge in [-0.05, 0) is 36.8 Å². The van der Waals surface area contributed by atoms with E-state index < -0.39 is 10.0 Å². The topological polar surface area (TPSA) is 85.4 Å². The highest BCUT2D eigenvalue weighted by molar-refractivity contribution is 7.89. The van der Waals surface area contributed by atoms with Crippen molar-refractivity contribution in [3.63, 3.8) is 0 Å². The number of fused-ring (bicyclic) bond motifs is 1. The van der Waals surface area contributed by atoms with Gasteiger partial charge in [-0.15, -0.1) is 0 Å². The lowest BCUT2D eigenvalue weighted by Gasteiger charge is -2.31. The van der Waals surface area contributed by atoms with E-state index in [4.69, 9.17) is 11.6 Å². The number of halogens is 2. The highest BCUT2D eigenvalue weighted by Crippen LogP contribution is 2.34. The van der Waals surface area contributed by atoms with Crippen LogP contribution in [0.15, 0.2) is 23.6 Å². The van der Waals surface area contributed by atoms with Crippen LogP contribution in [0.4, 0.5) is 4.39 Å². The predicted octanol–water partition coefficient (Wildman–Crippen LogP) is 2.13. The number of aromatic nitrogens is 5. The van der Waals surface area contributed by atoms with Crippen molar-refractivity contribution in [3.8, 4) is 0 Å². The summed E-state index contributed by atoms with van der Waals surface area (Å²) in [5, 5.41) is 8.01. The molecule has 0 spiro atoms. The van der Waals surface area contributed by atoms with Gasteiger partial charge in [0, 0.05) is 26.3 Å². The van der Waals surface area contributed by atoms with Crippen molar-refractivity contribution in [1.29, 1.82) is 0 Å². The minimum atomic E-state index is -3.71. The molecule has 1 aliphatic heterocycles. The van der Waals surface area contributed by atoms with E-state index in [2.05, 4.69) is 15.2 Å². The fourth-order valence-corrected chi connectivity index (χ4v) is 5.44. The summed E-state index contributed by atoms with van der Waals surface area (Å²) in [6.45, 7) is 2.38. The Hall–Kier alpha value is -2.04. The van der Waals surface area contributed by atoms with Crippen LogP contribution in [0.5, 0.6) is 0 Å². The monoisotopic (exact) mass is 412 g/mol. The van der Waals surface area contributed by atoms with Crippen molar-refractivity contribution in [2.24, 2.45) is 7.05 Å². The van der Waals surface area contributed by atoms with Crippen LogP contribution in [0.1, 0.15) is 29.9 Å². The Kier molecular flexibility index (Phi) is 4.44. The van der Waals surface area contributed by atoms with Gasteiger partial charge in [0.25, 0.3) is 0 Å². The molecule has 3 aromatic heterocycles. The van der Waals surface area contributed by atoms with Gasteiger partial charge in [-0.3, -0.25) is 4.68 Å². The molecule has 0 aliphatic carbocycles. The molecule has 0 bridgehead atoms. The summed E-state index contributed by atoms with van der Waals surface area (Å²) in [7, 11) is -2.12. The molecule has 144 valence electrons. The van der Waals surface area contributed by atoms with Gasteiger partial charge in [-0.25, -0.2) is 22.3 Å². The Morgan fingerprint density at radius 2 is 1.96 bits per heavy atom. The number of sulfonamides is 1. The number of piperidine rings is 1. The molecule has 4 heterocycles. The summed E-state index contributed by atoms with van der Waals surface area (Å²) in [6, 6.07) is 0. The average Bonchev–Trinajstić information content (AvgIpc) is 3.26. The first-order chi connectivity index (χ1) is 12.8. The summed E-state index contributed by atoms with van der Waals surface area (Å²) in [5.41, 5.74) is 1.57. The van der Waals surface area contributed by atoms with Crippen molar-refractivity contribution >= 4 is 27.3 Å². The van der Waals surface area contributed by atoms with Crippen LogP contribution >= 0.6 is 11.6 Å². The Morgan fingerprint density at radius 3 is 2.59 bits per heavy atom. The van der Waals surface area contributed by atoms with E-state index in [1.54, 1.807) is 20.2 Å². The maximum atomic E-state index is 14.5. The largest absolute Gasteiger partial charge is 0.256 e. The van der Waals surface area contributed by atoms with Crippen LogP contribution in [0.3, 0.4) is 0 Å². The summed E-state index contributed by atoms with van der Waals surface area (Å²) in [4.78, 5) is 3.93. The summed E-state index contributed by atoms with van der Waals surface area (Å²) in [6.07, 6.45) is 5.53. The second-order valence-corrected chi connectivity index (χ2v) is 8.92. The molecule has 0 saturated carbocycles. The Morgan fingerprint density at radius 1 is 1.26 bits per heavy atom. The van der Waals surface area contributed by atoms with Crippen LogP contribution < -0.4 is 0 Å². The van der Waals surface area contributed by atoms with E-state index in [1.165, 1.54) is 26.0 Å². The van der Waals surface area contributed by atoms with Crippen LogP contribution in [0.2, 0.25) is 5.15 Å². The highest BCUT2D eigenvalue weighted by Gasteiger charge is 2.33. The summed E-state index contributed by atoms with van der Waals surface area (Å²) >= 11 is 6.06. The maximum absolute atomic E-state index is 14.5. The molecule has 4 rings (SSSR count). The molecular formula is C16H18ClFN6O2S. The fraction of sp³-hybridized carbons (Fsp3) is 0.438. The zero-order valence-electron chi connectivity index (χ0n) is 14.8. The van der Waals surface area contributed by atoms with Crippen molar-refractivity contribution in [1.82, 2.24) is 28.7 Å². The van der Waals surface area contributed by atoms with Gasteiger partial charge in [0.1, 0.15) is 16.4 Å². The van der Waals surface area contributed by atoms with E-state index in [-0.39, 0.29) is 27.4 Å². The molecule has 0 N–H and O–H groups in total. The molecule has 1 aliphatic rings. The number of nitrogens with zero attached hydrogens (tertiary/aromatic N) is 6. The Balaban J connectivity index is 1.58. The van der Waals surface area contributed by atoms with Gasteiger partial charge in [-0.1, -0.05) is 11.6 Å². The molecular weight excluding hydrogens is 395 g/mol. The normalized spacial score (nSPS) is 17.0. The lowest BCUT2D eigenvalue weighted by Crippen LogP contribution is -2.38. The van der Waals surface area contributed by atoms with E-state index in [0.717, 1.165) is 5.56 Å². The number of hydrogen-bond donors (Lipinski definition) is 0. The highest BCUT2D eigenvalue weighted by atomic mass is 35.5. The molecule has 27 heavy (non-hydrogen) atoms. The zero-order chi connectivity index (χ0) is 19.3. The second kappa shape index (κ2) is 6.54. The molecule has 11 heteroatoms. The average molecular weight is 413 g/mol. The standard InChI is InChI=1S/C16H18ClFN6O2S/c1-10-12(8-24-16(14(10)18)19-9-21-24)11-3-5-23(6-4-11)27(25,26)13-7-20-22(2)15(13)17/h7-9,11H,3-6H2,1-2H3. The van der Waals surface area contributed by atoms with Crippen molar-refractivity contribution in [3.05, 3.63) is 40.8 Å². The minimum Gasteiger partial charge on any atom is -0.256 e. The smallest absolute Gasteiger partial charge is 0.247 e. The molecule has 0 amide bonds.